The molecule has 1 atom stereocenters. The fourth-order valence-electron chi connectivity index (χ4n) is 3.37. The van der Waals surface area contributed by atoms with Gasteiger partial charge in [0, 0.05) is 17.6 Å². The number of nitrogens with one attached hydrogen (secondary N) is 1. The third-order valence-corrected chi connectivity index (χ3v) is 5.46. The van der Waals surface area contributed by atoms with Crippen LogP contribution >= 0.6 is 11.3 Å². The first-order valence-electron chi connectivity index (χ1n) is 8.56. The monoisotopic (exact) mass is 359 g/mol. The smallest absolute Gasteiger partial charge is 0.318 e. The summed E-state index contributed by atoms with van der Waals surface area (Å²) in [6.45, 7) is 4.41. The van der Waals surface area contributed by atoms with Gasteiger partial charge in [-0.15, -0.1) is 11.3 Å². The fraction of sp³-hybridized carbons (Fsp3) is 0.444. The van der Waals surface area contributed by atoms with Crippen molar-refractivity contribution in [2.24, 2.45) is 0 Å². The number of fused-ring (bicyclic) bond motifs is 1. The topological polar surface area (TPSA) is 63.7 Å². The van der Waals surface area contributed by atoms with Gasteiger partial charge in [0.1, 0.15) is 13.2 Å². The van der Waals surface area contributed by atoms with Gasteiger partial charge in [-0.05, 0) is 37.5 Å². The van der Waals surface area contributed by atoms with Crippen LogP contribution in [0.25, 0.3) is 0 Å². The maximum absolute atomic E-state index is 12.6. The SMILES string of the molecule is Cc1ncc(CNC(=O)N2CCCC2c2ccc3c(c2)OCCO3)s1. The molecule has 4 rings (SSSR count). The Morgan fingerprint density at radius 1 is 1.36 bits per heavy atom. The maximum atomic E-state index is 12.6. The minimum atomic E-state index is -0.0246. The Bertz CT molecular complexity index is 777. The molecule has 1 saturated heterocycles. The van der Waals surface area contributed by atoms with Crippen LogP contribution in [0.2, 0.25) is 0 Å². The molecule has 1 fully saturated rings. The van der Waals surface area contributed by atoms with Crippen LogP contribution in [0.15, 0.2) is 24.4 Å². The number of nitrogens with zero attached hydrogens (tertiary/aromatic N) is 2. The van der Waals surface area contributed by atoms with Crippen LogP contribution in [0.3, 0.4) is 0 Å². The second-order valence-electron chi connectivity index (χ2n) is 6.26. The van der Waals surface area contributed by atoms with Crippen LogP contribution < -0.4 is 14.8 Å². The predicted molar refractivity (Wildman–Crippen MR) is 95.2 cm³/mol. The highest BCUT2D eigenvalue weighted by Gasteiger charge is 2.30. The van der Waals surface area contributed by atoms with E-state index < -0.39 is 0 Å². The van der Waals surface area contributed by atoms with Gasteiger partial charge in [0.25, 0.3) is 0 Å². The second-order valence-corrected chi connectivity index (χ2v) is 7.58. The lowest BCUT2D eigenvalue weighted by atomic mass is 10.0. The molecular weight excluding hydrogens is 338 g/mol. The van der Waals surface area contributed by atoms with E-state index >= 15 is 0 Å². The van der Waals surface area contributed by atoms with Gasteiger partial charge >= 0.3 is 6.03 Å². The van der Waals surface area contributed by atoms with E-state index in [9.17, 15) is 4.79 Å². The Hall–Kier alpha value is -2.28. The molecule has 25 heavy (non-hydrogen) atoms. The fourth-order valence-corrected chi connectivity index (χ4v) is 4.11. The van der Waals surface area contributed by atoms with Gasteiger partial charge in [-0.25, -0.2) is 9.78 Å². The quantitative estimate of drug-likeness (QED) is 0.914. The van der Waals surface area contributed by atoms with Crippen LogP contribution in [0.4, 0.5) is 4.79 Å². The first-order chi connectivity index (χ1) is 12.2. The van der Waals surface area contributed by atoms with Gasteiger partial charge in [-0.2, -0.15) is 0 Å². The van der Waals surface area contributed by atoms with E-state index in [-0.39, 0.29) is 12.1 Å². The van der Waals surface area contributed by atoms with E-state index in [0.717, 1.165) is 46.3 Å². The van der Waals surface area contributed by atoms with Gasteiger partial charge in [-0.1, -0.05) is 6.07 Å². The first-order valence-corrected chi connectivity index (χ1v) is 9.38. The minimum absolute atomic E-state index is 0.0246. The number of rotatable bonds is 3. The average Bonchev–Trinajstić information content (AvgIpc) is 3.28. The van der Waals surface area contributed by atoms with E-state index in [4.69, 9.17) is 9.47 Å². The molecule has 0 saturated carbocycles. The summed E-state index contributed by atoms with van der Waals surface area (Å²) in [5, 5.41) is 4.03. The van der Waals surface area contributed by atoms with Gasteiger partial charge in [0.05, 0.1) is 17.6 Å². The molecule has 0 spiro atoms. The van der Waals surface area contributed by atoms with Crippen molar-refractivity contribution < 1.29 is 14.3 Å². The Kier molecular flexibility index (Phi) is 4.48. The van der Waals surface area contributed by atoms with Gasteiger partial charge in [0.15, 0.2) is 11.5 Å². The number of carbonyl (C=O) groups excluding carboxylic acids is 1. The maximum Gasteiger partial charge on any atom is 0.318 e. The van der Waals surface area contributed by atoms with Crippen molar-refractivity contribution in [2.45, 2.75) is 32.4 Å². The molecule has 2 amide bonds. The zero-order chi connectivity index (χ0) is 17.2. The molecule has 0 radical (unpaired) electrons. The summed E-state index contributed by atoms with van der Waals surface area (Å²) >= 11 is 1.61. The van der Waals surface area contributed by atoms with Crippen LogP contribution in [0.1, 0.15) is 34.3 Å². The molecule has 1 aromatic carbocycles. The Morgan fingerprint density at radius 3 is 3.00 bits per heavy atom. The van der Waals surface area contributed by atoms with E-state index in [1.54, 1.807) is 11.3 Å². The van der Waals surface area contributed by atoms with Crippen LogP contribution in [-0.4, -0.2) is 35.7 Å². The van der Waals surface area contributed by atoms with Crippen molar-refractivity contribution in [3.63, 3.8) is 0 Å². The molecule has 2 aliphatic heterocycles. The summed E-state index contributed by atoms with van der Waals surface area (Å²) in [5.41, 5.74) is 1.10. The minimum Gasteiger partial charge on any atom is -0.486 e. The zero-order valence-corrected chi connectivity index (χ0v) is 15.0. The van der Waals surface area contributed by atoms with Crippen molar-refractivity contribution in [3.05, 3.63) is 39.8 Å². The second kappa shape index (κ2) is 6.92. The highest BCUT2D eigenvalue weighted by molar-refractivity contribution is 7.11. The standard InChI is InChI=1S/C18H21N3O3S/c1-12-19-10-14(25-12)11-20-18(22)21-6-2-3-15(21)13-4-5-16-17(9-13)24-8-7-23-16/h4-5,9-10,15H,2-3,6-8,11H2,1H3,(H,20,22). The molecule has 1 aromatic heterocycles. The summed E-state index contributed by atoms with van der Waals surface area (Å²) in [7, 11) is 0. The first kappa shape index (κ1) is 16.2. The number of carbonyl (C=O) groups is 1. The lowest BCUT2D eigenvalue weighted by Crippen LogP contribution is -2.39. The lowest BCUT2D eigenvalue weighted by molar-refractivity contribution is 0.170. The van der Waals surface area contributed by atoms with Crippen molar-refractivity contribution in [3.8, 4) is 11.5 Å². The highest BCUT2D eigenvalue weighted by atomic mass is 32.1. The summed E-state index contributed by atoms with van der Waals surface area (Å²) in [5.74, 6) is 1.56. The lowest BCUT2D eigenvalue weighted by Gasteiger charge is -2.26. The average molecular weight is 359 g/mol. The number of hydrogen-bond acceptors (Lipinski definition) is 5. The number of amides is 2. The highest BCUT2D eigenvalue weighted by Crippen LogP contribution is 2.38. The van der Waals surface area contributed by atoms with Crippen molar-refractivity contribution in [1.82, 2.24) is 15.2 Å². The van der Waals surface area contributed by atoms with E-state index in [2.05, 4.69) is 10.3 Å². The Morgan fingerprint density at radius 2 is 2.20 bits per heavy atom. The van der Waals surface area contributed by atoms with Gasteiger partial charge in [0.2, 0.25) is 0 Å². The van der Waals surface area contributed by atoms with Crippen LogP contribution in [-0.2, 0) is 6.54 Å². The van der Waals surface area contributed by atoms with Crippen molar-refractivity contribution in [1.29, 1.82) is 0 Å². The summed E-state index contributed by atoms with van der Waals surface area (Å²) < 4.78 is 11.3. The van der Waals surface area contributed by atoms with E-state index in [1.165, 1.54) is 0 Å². The largest absolute Gasteiger partial charge is 0.486 e. The van der Waals surface area contributed by atoms with Crippen molar-refractivity contribution in [2.75, 3.05) is 19.8 Å². The van der Waals surface area contributed by atoms with Crippen LogP contribution in [0, 0.1) is 6.92 Å². The van der Waals surface area contributed by atoms with Gasteiger partial charge in [-0.3, -0.25) is 0 Å². The van der Waals surface area contributed by atoms with Gasteiger partial charge < -0.3 is 19.7 Å². The molecule has 1 unspecified atom stereocenters. The molecule has 132 valence electrons. The number of thiazole rings is 1. The number of ether oxygens (including phenoxy) is 2. The third-order valence-electron chi connectivity index (χ3n) is 4.55. The molecule has 6 nitrogen and oxygen atoms in total. The number of urea groups is 1. The van der Waals surface area contributed by atoms with Crippen molar-refractivity contribution >= 4 is 17.4 Å². The number of aryl methyl sites for hydroxylation is 1. The number of benzene rings is 1. The molecule has 0 bridgehead atoms. The molecule has 2 aliphatic rings. The summed E-state index contributed by atoms with van der Waals surface area (Å²) in [6, 6.07) is 6.05. The number of aromatic nitrogens is 1. The number of likely N-dealkylation sites (tertiary alicyclic amines) is 1. The molecule has 2 aromatic rings. The third kappa shape index (κ3) is 3.42. The Labute approximate surface area is 150 Å². The number of hydrogen-bond donors (Lipinski definition) is 1. The molecule has 7 heteroatoms. The zero-order valence-electron chi connectivity index (χ0n) is 14.2. The summed E-state index contributed by atoms with van der Waals surface area (Å²) in [6.07, 6.45) is 3.79. The van der Waals surface area contributed by atoms with E-state index in [0.29, 0.717) is 19.8 Å². The van der Waals surface area contributed by atoms with Crippen LogP contribution in [0.5, 0.6) is 11.5 Å². The van der Waals surface area contributed by atoms with E-state index in [1.807, 2.05) is 36.2 Å². The predicted octanol–water partition coefficient (Wildman–Crippen LogP) is 3.27. The molecule has 1 N–H and O–H groups in total. The molecule has 0 aliphatic carbocycles. The Balaban J connectivity index is 1.45. The normalized spacial score (nSPS) is 19.1. The molecular formula is C18H21N3O3S. The molecule has 3 heterocycles. The summed E-state index contributed by atoms with van der Waals surface area (Å²) in [4.78, 5) is 19.9.